The van der Waals surface area contributed by atoms with Crippen LogP contribution < -0.4 is 10.2 Å². The summed E-state index contributed by atoms with van der Waals surface area (Å²) in [4.78, 5) is 21.8. The smallest absolute Gasteiger partial charge is 0.416 e. The molecule has 3 heterocycles. The number of hydrogen-bond acceptors (Lipinski definition) is 9. The van der Waals surface area contributed by atoms with Crippen LogP contribution in [0.5, 0.6) is 0 Å². The molecule has 0 unspecified atom stereocenters. The predicted octanol–water partition coefficient (Wildman–Crippen LogP) is 2.54. The van der Waals surface area contributed by atoms with Gasteiger partial charge in [0.05, 0.1) is 6.10 Å². The van der Waals surface area contributed by atoms with Crippen molar-refractivity contribution >= 4 is 17.9 Å². The minimum absolute atomic E-state index is 0.0739. The van der Waals surface area contributed by atoms with Gasteiger partial charge in [0.1, 0.15) is 30.3 Å². The van der Waals surface area contributed by atoms with Crippen molar-refractivity contribution in [2.24, 2.45) is 0 Å². The fourth-order valence-electron chi connectivity index (χ4n) is 3.01. The third-order valence-corrected chi connectivity index (χ3v) is 4.58. The van der Waals surface area contributed by atoms with Gasteiger partial charge in [0.25, 0.3) is 0 Å². The maximum Gasteiger partial charge on any atom is 0.416 e. The van der Waals surface area contributed by atoms with E-state index in [2.05, 4.69) is 25.5 Å². The van der Waals surface area contributed by atoms with Gasteiger partial charge in [0, 0.05) is 11.8 Å². The molecule has 4 rings (SSSR count). The zero-order valence-corrected chi connectivity index (χ0v) is 16.2. The standard InChI is InChI=1S/C19H19FN6O4/c1-10(16-24-25-17(30-16)12-4-3-5-13(20)8-12)22-18-21-7-6-15(23-18)26-14(11(2)27)9-29-19(26)28/h3-8,10-11,14,27H,9H2,1-2H3,(H,21,22,23)/t10-,11-,14-/m1/s1. The van der Waals surface area contributed by atoms with E-state index in [0.29, 0.717) is 11.4 Å². The minimum Gasteiger partial charge on any atom is -0.447 e. The normalized spacial score (nSPS) is 18.2. The number of cyclic esters (lactones) is 1. The molecule has 0 bridgehead atoms. The first-order valence-corrected chi connectivity index (χ1v) is 9.25. The van der Waals surface area contributed by atoms with E-state index in [-0.39, 0.29) is 24.3 Å². The Labute approximate surface area is 170 Å². The maximum absolute atomic E-state index is 13.4. The van der Waals surface area contributed by atoms with Crippen LogP contribution in [0.3, 0.4) is 0 Å². The number of benzene rings is 1. The number of aliphatic hydroxyl groups is 1. The van der Waals surface area contributed by atoms with Gasteiger partial charge < -0.3 is 19.6 Å². The molecule has 156 valence electrons. The summed E-state index contributed by atoms with van der Waals surface area (Å²) in [6.45, 7) is 3.42. The van der Waals surface area contributed by atoms with Crippen molar-refractivity contribution in [2.75, 3.05) is 16.8 Å². The minimum atomic E-state index is -0.790. The highest BCUT2D eigenvalue weighted by Crippen LogP contribution is 2.26. The van der Waals surface area contributed by atoms with Crippen LogP contribution >= 0.6 is 0 Å². The molecular formula is C19H19FN6O4. The summed E-state index contributed by atoms with van der Waals surface area (Å²) in [5.74, 6) is 0.548. The fraction of sp³-hybridized carbons (Fsp3) is 0.316. The van der Waals surface area contributed by atoms with Gasteiger partial charge in [0.15, 0.2) is 0 Å². The van der Waals surface area contributed by atoms with Gasteiger partial charge in [-0.1, -0.05) is 6.07 Å². The number of anilines is 2. The monoisotopic (exact) mass is 414 g/mol. The Balaban J connectivity index is 1.51. The third kappa shape index (κ3) is 3.92. The molecule has 1 amide bonds. The lowest BCUT2D eigenvalue weighted by Gasteiger charge is -2.22. The van der Waals surface area contributed by atoms with Crippen LogP contribution in [0.1, 0.15) is 25.8 Å². The number of hydrogen-bond donors (Lipinski definition) is 2. The largest absolute Gasteiger partial charge is 0.447 e. The second-order valence-electron chi connectivity index (χ2n) is 6.82. The van der Waals surface area contributed by atoms with Crippen molar-refractivity contribution in [3.05, 3.63) is 48.2 Å². The van der Waals surface area contributed by atoms with Crippen molar-refractivity contribution < 1.29 is 23.4 Å². The summed E-state index contributed by atoms with van der Waals surface area (Å²) in [7, 11) is 0. The second kappa shape index (κ2) is 8.03. The molecule has 0 saturated carbocycles. The zero-order valence-electron chi connectivity index (χ0n) is 16.2. The average molecular weight is 414 g/mol. The highest BCUT2D eigenvalue weighted by Gasteiger charge is 2.38. The number of carbonyl (C=O) groups excluding carboxylic acids is 1. The number of ether oxygens (including phenoxy) is 1. The highest BCUT2D eigenvalue weighted by molar-refractivity contribution is 5.89. The number of aromatic nitrogens is 4. The van der Waals surface area contributed by atoms with E-state index in [4.69, 9.17) is 9.15 Å². The predicted molar refractivity (Wildman–Crippen MR) is 103 cm³/mol. The van der Waals surface area contributed by atoms with E-state index in [1.54, 1.807) is 32.0 Å². The van der Waals surface area contributed by atoms with E-state index in [9.17, 15) is 14.3 Å². The summed E-state index contributed by atoms with van der Waals surface area (Å²) in [6.07, 6.45) is 0.102. The molecule has 3 aromatic rings. The Hall–Kier alpha value is -3.60. The summed E-state index contributed by atoms with van der Waals surface area (Å²) in [6, 6.07) is 6.39. The second-order valence-corrected chi connectivity index (χ2v) is 6.82. The van der Waals surface area contributed by atoms with Crippen LogP contribution in [-0.2, 0) is 4.74 Å². The SMILES string of the molecule is C[C@@H](Nc1nccc(N2C(=O)OC[C@@H]2[C@@H](C)O)n1)c1nnc(-c2cccc(F)c2)o1. The van der Waals surface area contributed by atoms with Gasteiger partial charge in [-0.2, -0.15) is 4.98 Å². The molecule has 0 radical (unpaired) electrons. The Morgan fingerprint density at radius 1 is 1.30 bits per heavy atom. The van der Waals surface area contributed by atoms with E-state index in [0.717, 1.165) is 0 Å². The van der Waals surface area contributed by atoms with E-state index >= 15 is 0 Å². The Morgan fingerprint density at radius 3 is 2.90 bits per heavy atom. The average Bonchev–Trinajstić information content (AvgIpc) is 3.35. The van der Waals surface area contributed by atoms with Gasteiger partial charge in [-0.05, 0) is 38.1 Å². The first kappa shape index (κ1) is 19.7. The summed E-state index contributed by atoms with van der Waals surface area (Å²) in [5, 5.41) is 20.9. The van der Waals surface area contributed by atoms with Crippen molar-refractivity contribution in [1.29, 1.82) is 0 Å². The van der Waals surface area contributed by atoms with Crippen LogP contribution in [0.25, 0.3) is 11.5 Å². The molecular weight excluding hydrogens is 395 g/mol. The molecule has 2 aromatic heterocycles. The van der Waals surface area contributed by atoms with E-state index < -0.39 is 30.1 Å². The third-order valence-electron chi connectivity index (χ3n) is 4.58. The number of amides is 1. The lowest BCUT2D eigenvalue weighted by Crippen LogP contribution is -2.41. The maximum atomic E-state index is 13.4. The van der Waals surface area contributed by atoms with Crippen LogP contribution in [0.15, 0.2) is 40.9 Å². The van der Waals surface area contributed by atoms with Crippen molar-refractivity contribution in [3.8, 4) is 11.5 Å². The first-order chi connectivity index (χ1) is 14.4. The molecule has 1 aliphatic heterocycles. The number of nitrogens with zero attached hydrogens (tertiary/aromatic N) is 5. The number of rotatable bonds is 6. The molecule has 1 aromatic carbocycles. The molecule has 3 atom stereocenters. The molecule has 2 N–H and O–H groups in total. The highest BCUT2D eigenvalue weighted by atomic mass is 19.1. The molecule has 1 fully saturated rings. The van der Waals surface area contributed by atoms with Gasteiger partial charge >= 0.3 is 6.09 Å². The van der Waals surface area contributed by atoms with E-state index in [1.165, 1.54) is 23.2 Å². The number of nitrogens with one attached hydrogen (secondary N) is 1. The molecule has 30 heavy (non-hydrogen) atoms. The quantitative estimate of drug-likeness (QED) is 0.625. The van der Waals surface area contributed by atoms with Crippen LogP contribution in [-0.4, -0.2) is 50.1 Å². The van der Waals surface area contributed by atoms with Crippen molar-refractivity contribution in [1.82, 2.24) is 20.2 Å². The van der Waals surface area contributed by atoms with Gasteiger partial charge in [-0.15, -0.1) is 10.2 Å². The van der Waals surface area contributed by atoms with Crippen molar-refractivity contribution in [3.63, 3.8) is 0 Å². The number of carbonyl (C=O) groups is 1. The lowest BCUT2D eigenvalue weighted by molar-refractivity contribution is 0.142. The van der Waals surface area contributed by atoms with E-state index in [1.807, 2.05) is 0 Å². The summed E-state index contributed by atoms with van der Waals surface area (Å²) in [5.41, 5.74) is 0.468. The molecule has 0 aliphatic carbocycles. The lowest BCUT2D eigenvalue weighted by atomic mass is 10.2. The molecule has 0 spiro atoms. The molecule has 1 saturated heterocycles. The topological polar surface area (TPSA) is 127 Å². The first-order valence-electron chi connectivity index (χ1n) is 9.25. The zero-order chi connectivity index (χ0) is 21.3. The number of halogens is 1. The fourth-order valence-corrected chi connectivity index (χ4v) is 3.01. The van der Waals surface area contributed by atoms with Crippen LogP contribution in [0, 0.1) is 5.82 Å². The summed E-state index contributed by atoms with van der Waals surface area (Å²) < 4.78 is 24.1. The van der Waals surface area contributed by atoms with Gasteiger partial charge in [-0.3, -0.25) is 4.90 Å². The number of aliphatic hydroxyl groups excluding tert-OH is 1. The molecule has 11 heteroatoms. The molecule has 1 aliphatic rings. The van der Waals surface area contributed by atoms with Gasteiger partial charge in [0.2, 0.25) is 17.7 Å². The Morgan fingerprint density at radius 2 is 2.13 bits per heavy atom. The summed E-state index contributed by atoms with van der Waals surface area (Å²) >= 11 is 0. The van der Waals surface area contributed by atoms with Gasteiger partial charge in [-0.25, -0.2) is 14.2 Å². The van der Waals surface area contributed by atoms with Crippen LogP contribution in [0.2, 0.25) is 0 Å². The van der Waals surface area contributed by atoms with Crippen LogP contribution in [0.4, 0.5) is 21.0 Å². The Kier molecular flexibility index (Phi) is 5.27. The Bertz CT molecular complexity index is 1060. The van der Waals surface area contributed by atoms with Crippen molar-refractivity contribution in [2.45, 2.75) is 32.0 Å². The molecule has 10 nitrogen and oxygen atoms in total.